The fourth-order valence-corrected chi connectivity index (χ4v) is 5.35. The normalized spacial score (nSPS) is 21.1. The first-order valence-corrected chi connectivity index (χ1v) is 12.2. The van der Waals surface area contributed by atoms with Gasteiger partial charge in [-0.1, -0.05) is 18.9 Å². The number of nitrogens with one attached hydrogen (secondary N) is 2. The Hall–Kier alpha value is -3.18. The molecule has 3 aromatic rings. The molecule has 0 spiro atoms. The number of nitrogen functional groups attached to an aromatic ring is 1. The van der Waals surface area contributed by atoms with Crippen LogP contribution in [0.4, 0.5) is 19.1 Å². The number of likely N-dealkylation sites (tertiary alicyclic amines) is 1. The van der Waals surface area contributed by atoms with Crippen LogP contribution in [0, 0.1) is 5.92 Å². The first-order valence-electron chi connectivity index (χ1n) is 12.2. The standard InChI is InChI=1S/C25H29F3N6O2/c26-25(27,28)19-11-32-24(29)33-22(19)18-10-31-20-9-14(5-6-17(18)20)23(36)34-12-15(21(35)13-34)7-8-30-16-3-1-2-4-16/h5-6,9-11,15-16,21,30-31,35H,1-4,7-8,12-13H2,(H2,29,32,33)/t15-,21-/m0/s1. The highest BCUT2D eigenvalue weighted by atomic mass is 19.4. The van der Waals surface area contributed by atoms with Crippen LogP contribution in [-0.4, -0.2) is 62.6 Å². The highest BCUT2D eigenvalue weighted by Gasteiger charge is 2.36. The van der Waals surface area contributed by atoms with E-state index in [1.165, 1.54) is 31.9 Å². The van der Waals surface area contributed by atoms with Gasteiger partial charge in [-0.25, -0.2) is 9.97 Å². The van der Waals surface area contributed by atoms with E-state index in [9.17, 15) is 23.1 Å². The number of alkyl halides is 3. The van der Waals surface area contributed by atoms with Crippen molar-refractivity contribution in [1.29, 1.82) is 0 Å². The smallest absolute Gasteiger partial charge is 0.391 e. The minimum Gasteiger partial charge on any atom is -0.391 e. The van der Waals surface area contributed by atoms with Crippen molar-refractivity contribution >= 4 is 22.8 Å². The number of aromatic nitrogens is 3. The average molecular weight is 503 g/mol. The molecule has 3 heterocycles. The predicted molar refractivity (Wildman–Crippen MR) is 129 cm³/mol. The van der Waals surface area contributed by atoms with Gasteiger partial charge in [-0.05, 0) is 37.9 Å². The van der Waals surface area contributed by atoms with Crippen molar-refractivity contribution in [1.82, 2.24) is 25.2 Å². The van der Waals surface area contributed by atoms with Gasteiger partial charge in [-0.15, -0.1) is 0 Å². The number of carbonyl (C=O) groups is 1. The minimum absolute atomic E-state index is 0.00712. The molecule has 0 unspecified atom stereocenters. The Balaban J connectivity index is 1.31. The molecule has 192 valence electrons. The molecule has 1 amide bonds. The number of anilines is 1. The molecule has 8 nitrogen and oxygen atoms in total. The van der Waals surface area contributed by atoms with Gasteiger partial charge in [0.2, 0.25) is 5.95 Å². The molecule has 5 rings (SSSR count). The third-order valence-corrected chi connectivity index (χ3v) is 7.29. The molecule has 36 heavy (non-hydrogen) atoms. The first-order chi connectivity index (χ1) is 17.2. The Morgan fingerprint density at radius 3 is 2.78 bits per heavy atom. The second-order valence-corrected chi connectivity index (χ2v) is 9.71. The molecular weight excluding hydrogens is 473 g/mol. The molecule has 0 bridgehead atoms. The van der Waals surface area contributed by atoms with Crippen LogP contribution in [0.15, 0.2) is 30.6 Å². The molecule has 2 atom stereocenters. The summed E-state index contributed by atoms with van der Waals surface area (Å²) in [6.45, 7) is 1.55. The number of aliphatic hydroxyl groups excluding tert-OH is 1. The van der Waals surface area contributed by atoms with Gasteiger partial charge in [0.15, 0.2) is 0 Å². The summed E-state index contributed by atoms with van der Waals surface area (Å²) in [6, 6.07) is 5.36. The average Bonchev–Trinajstić information content (AvgIpc) is 3.58. The molecule has 1 aliphatic heterocycles. The maximum absolute atomic E-state index is 13.5. The molecule has 2 fully saturated rings. The lowest BCUT2D eigenvalue weighted by Gasteiger charge is -2.17. The molecule has 0 radical (unpaired) electrons. The number of fused-ring (bicyclic) bond motifs is 1. The summed E-state index contributed by atoms with van der Waals surface area (Å²) < 4.78 is 40.6. The van der Waals surface area contributed by atoms with Gasteiger partial charge in [-0.2, -0.15) is 13.2 Å². The Morgan fingerprint density at radius 2 is 2.03 bits per heavy atom. The van der Waals surface area contributed by atoms with E-state index in [0.717, 1.165) is 13.0 Å². The number of rotatable bonds is 6. The van der Waals surface area contributed by atoms with Crippen LogP contribution in [0.5, 0.6) is 0 Å². The van der Waals surface area contributed by atoms with Crippen LogP contribution in [0.1, 0.15) is 48.0 Å². The van der Waals surface area contributed by atoms with Crippen molar-refractivity contribution in [3.8, 4) is 11.3 Å². The van der Waals surface area contributed by atoms with Crippen LogP contribution >= 0.6 is 0 Å². The summed E-state index contributed by atoms with van der Waals surface area (Å²) in [5, 5.41) is 14.6. The van der Waals surface area contributed by atoms with Crippen molar-refractivity contribution in [3.05, 3.63) is 41.7 Å². The number of carbonyl (C=O) groups excluding carboxylic acids is 1. The summed E-state index contributed by atoms with van der Waals surface area (Å²) in [5.41, 5.74) is 5.37. The SMILES string of the molecule is Nc1ncc(C(F)(F)F)c(-c2c[nH]c3cc(C(=O)N4C[C@H](CCNC5CCCC5)[C@@H](O)C4)ccc23)n1. The van der Waals surface area contributed by atoms with E-state index < -0.39 is 17.8 Å². The van der Waals surface area contributed by atoms with Gasteiger partial charge in [0, 0.05) is 59.5 Å². The summed E-state index contributed by atoms with van der Waals surface area (Å²) in [5.74, 6) is -0.479. The molecule has 2 aliphatic rings. The topological polar surface area (TPSA) is 120 Å². The number of amides is 1. The second-order valence-electron chi connectivity index (χ2n) is 9.71. The summed E-state index contributed by atoms with van der Waals surface area (Å²) in [4.78, 5) is 25.1. The van der Waals surface area contributed by atoms with Gasteiger partial charge >= 0.3 is 6.18 Å². The number of β-amino-alcohol motifs (C(OH)–C–C–N with tert-alkyl or cyclic N) is 1. The van der Waals surface area contributed by atoms with E-state index in [4.69, 9.17) is 5.73 Å². The number of H-pyrrole nitrogens is 1. The van der Waals surface area contributed by atoms with Crippen LogP contribution < -0.4 is 11.1 Å². The number of hydrogen-bond acceptors (Lipinski definition) is 6. The second kappa shape index (κ2) is 9.70. The highest BCUT2D eigenvalue weighted by molar-refractivity contribution is 6.02. The Labute approximate surface area is 206 Å². The first kappa shape index (κ1) is 24.5. The summed E-state index contributed by atoms with van der Waals surface area (Å²) in [7, 11) is 0. The minimum atomic E-state index is -4.65. The van der Waals surface area contributed by atoms with Crippen LogP contribution in [0.2, 0.25) is 0 Å². The fraction of sp³-hybridized carbons (Fsp3) is 0.480. The van der Waals surface area contributed by atoms with E-state index in [0.29, 0.717) is 35.2 Å². The number of aliphatic hydroxyl groups is 1. The molecular formula is C25H29F3N6O2. The van der Waals surface area contributed by atoms with Gasteiger partial charge < -0.3 is 26.0 Å². The number of nitrogens with zero attached hydrogens (tertiary/aromatic N) is 3. The van der Waals surface area contributed by atoms with Crippen molar-refractivity contribution in [2.45, 2.75) is 50.4 Å². The monoisotopic (exact) mass is 502 g/mol. The van der Waals surface area contributed by atoms with Gasteiger partial charge in [0.05, 0.1) is 11.8 Å². The van der Waals surface area contributed by atoms with Gasteiger partial charge in [-0.3, -0.25) is 4.79 Å². The molecule has 1 aliphatic carbocycles. The van der Waals surface area contributed by atoms with E-state index in [1.807, 2.05) is 0 Å². The zero-order valence-electron chi connectivity index (χ0n) is 19.7. The molecule has 1 saturated heterocycles. The zero-order chi connectivity index (χ0) is 25.4. The third-order valence-electron chi connectivity index (χ3n) is 7.29. The van der Waals surface area contributed by atoms with Gasteiger partial charge in [0.1, 0.15) is 5.56 Å². The maximum Gasteiger partial charge on any atom is 0.419 e. The Morgan fingerprint density at radius 1 is 1.25 bits per heavy atom. The van der Waals surface area contributed by atoms with Crippen molar-refractivity contribution < 1.29 is 23.1 Å². The number of benzene rings is 1. The Bertz CT molecular complexity index is 1250. The predicted octanol–water partition coefficient (Wildman–Crippen LogP) is 3.58. The van der Waals surface area contributed by atoms with E-state index >= 15 is 0 Å². The van der Waals surface area contributed by atoms with Crippen molar-refractivity contribution in [2.75, 3.05) is 25.4 Å². The number of hydrogen-bond donors (Lipinski definition) is 4. The lowest BCUT2D eigenvalue weighted by molar-refractivity contribution is -0.137. The lowest BCUT2D eigenvalue weighted by atomic mass is 10.0. The summed E-state index contributed by atoms with van der Waals surface area (Å²) >= 11 is 0. The van der Waals surface area contributed by atoms with Crippen molar-refractivity contribution in [3.63, 3.8) is 0 Å². The van der Waals surface area contributed by atoms with Crippen LogP contribution in [0.3, 0.4) is 0 Å². The molecule has 5 N–H and O–H groups in total. The third kappa shape index (κ3) is 4.90. The highest BCUT2D eigenvalue weighted by Crippen LogP contribution is 2.38. The van der Waals surface area contributed by atoms with E-state index in [-0.39, 0.29) is 35.6 Å². The quantitative estimate of drug-likeness (QED) is 0.409. The fourth-order valence-electron chi connectivity index (χ4n) is 5.35. The van der Waals surface area contributed by atoms with Crippen molar-refractivity contribution in [2.24, 2.45) is 5.92 Å². The molecule has 1 aromatic carbocycles. The van der Waals surface area contributed by atoms with Gasteiger partial charge in [0.25, 0.3) is 5.91 Å². The number of nitrogens with two attached hydrogens (primary N) is 1. The maximum atomic E-state index is 13.5. The number of aromatic amines is 1. The molecule has 11 heteroatoms. The van der Waals surface area contributed by atoms with E-state index in [2.05, 4.69) is 20.3 Å². The largest absolute Gasteiger partial charge is 0.419 e. The van der Waals surface area contributed by atoms with E-state index in [1.54, 1.807) is 23.1 Å². The molecule has 1 saturated carbocycles. The number of halogens is 3. The Kier molecular flexibility index (Phi) is 6.60. The lowest BCUT2D eigenvalue weighted by Crippen LogP contribution is -2.30. The summed E-state index contributed by atoms with van der Waals surface area (Å²) in [6.07, 6.45) is 2.57. The zero-order valence-corrected chi connectivity index (χ0v) is 19.7. The van der Waals surface area contributed by atoms with Crippen LogP contribution in [0.25, 0.3) is 22.2 Å². The van der Waals surface area contributed by atoms with Crippen LogP contribution in [-0.2, 0) is 6.18 Å². The molecule has 2 aromatic heterocycles.